The number of hydrogen-bond donors (Lipinski definition) is 1. The van der Waals surface area contributed by atoms with Crippen molar-refractivity contribution in [3.05, 3.63) is 29.3 Å². The molecule has 5 heteroatoms. The van der Waals surface area contributed by atoms with Crippen molar-refractivity contribution in [2.75, 3.05) is 13.1 Å². The van der Waals surface area contributed by atoms with Crippen LogP contribution in [0.25, 0.3) is 0 Å². The molecule has 2 atom stereocenters. The molecule has 0 aromatic heterocycles. The molecule has 1 heterocycles. The minimum absolute atomic E-state index is 0.124. The predicted octanol–water partition coefficient (Wildman–Crippen LogP) is 3.56. The van der Waals surface area contributed by atoms with Crippen LogP contribution in [0.5, 0.6) is 5.75 Å². The quantitative estimate of drug-likeness (QED) is 0.892. The van der Waals surface area contributed by atoms with E-state index in [1.807, 2.05) is 4.90 Å². The second kappa shape index (κ2) is 8.11. The number of piperidine rings is 1. The van der Waals surface area contributed by atoms with Crippen molar-refractivity contribution in [3.63, 3.8) is 0 Å². The van der Waals surface area contributed by atoms with Crippen molar-refractivity contribution in [1.29, 1.82) is 0 Å². The molecular weight excluding hydrogens is 330 g/mol. The van der Waals surface area contributed by atoms with Crippen molar-refractivity contribution in [2.24, 2.45) is 11.8 Å². The summed E-state index contributed by atoms with van der Waals surface area (Å²) >= 11 is 0. The normalized spacial score (nSPS) is 24.3. The molecule has 1 aromatic carbocycles. The molecule has 1 aromatic rings. The molecule has 0 radical (unpaired) electrons. The highest BCUT2D eigenvalue weighted by Gasteiger charge is 2.34. The average Bonchev–Trinajstić information content (AvgIpc) is 2.65. The van der Waals surface area contributed by atoms with E-state index in [2.05, 4.69) is 32.0 Å². The number of carbonyl (C=O) groups excluding carboxylic acids is 1. The molecule has 1 saturated heterocycles. The van der Waals surface area contributed by atoms with E-state index in [4.69, 9.17) is 4.74 Å². The monoisotopic (exact) mass is 359 g/mol. The van der Waals surface area contributed by atoms with Gasteiger partial charge >= 0.3 is 5.97 Å². The number of aryl methyl sites for hydroxylation is 2. The third-order valence-corrected chi connectivity index (χ3v) is 5.76. The lowest BCUT2D eigenvalue weighted by Crippen LogP contribution is -2.45. The lowest BCUT2D eigenvalue weighted by atomic mass is 9.80. The van der Waals surface area contributed by atoms with Gasteiger partial charge in [-0.25, -0.2) is 0 Å². The van der Waals surface area contributed by atoms with Gasteiger partial charge in [-0.3, -0.25) is 9.59 Å². The van der Waals surface area contributed by atoms with Gasteiger partial charge in [0, 0.05) is 31.8 Å². The largest absolute Gasteiger partial charge is 0.490 e. The van der Waals surface area contributed by atoms with Gasteiger partial charge in [-0.1, -0.05) is 18.6 Å². The Morgan fingerprint density at radius 2 is 1.77 bits per heavy atom. The van der Waals surface area contributed by atoms with E-state index in [-0.39, 0.29) is 23.8 Å². The first kappa shape index (κ1) is 18.7. The molecule has 1 aliphatic heterocycles. The Kier molecular flexibility index (Phi) is 5.84. The maximum Gasteiger partial charge on any atom is 0.306 e. The second-order valence-corrected chi connectivity index (χ2v) is 7.81. The number of aliphatic carboxylic acids is 1. The molecule has 2 fully saturated rings. The predicted molar refractivity (Wildman–Crippen MR) is 99.2 cm³/mol. The Labute approximate surface area is 155 Å². The van der Waals surface area contributed by atoms with Crippen LogP contribution in [-0.4, -0.2) is 41.1 Å². The summed E-state index contributed by atoms with van der Waals surface area (Å²) in [4.78, 5) is 25.9. The molecule has 2 aliphatic rings. The fraction of sp³-hybridized carbons (Fsp3) is 0.619. The van der Waals surface area contributed by atoms with Gasteiger partial charge in [-0.2, -0.15) is 0 Å². The van der Waals surface area contributed by atoms with E-state index in [1.165, 1.54) is 5.56 Å². The zero-order chi connectivity index (χ0) is 18.7. The van der Waals surface area contributed by atoms with E-state index in [0.717, 1.165) is 37.0 Å². The first-order valence-corrected chi connectivity index (χ1v) is 9.69. The van der Waals surface area contributed by atoms with Crippen molar-refractivity contribution in [2.45, 2.75) is 58.5 Å². The SMILES string of the molecule is Cc1ccc(C)c(OC2CCN(C(=O)C3CCCC(C(=O)O)C3)CC2)c1. The van der Waals surface area contributed by atoms with Gasteiger partial charge in [0.05, 0.1) is 5.92 Å². The minimum Gasteiger partial charge on any atom is -0.490 e. The molecule has 1 N–H and O–H groups in total. The van der Waals surface area contributed by atoms with E-state index >= 15 is 0 Å². The van der Waals surface area contributed by atoms with E-state index in [0.29, 0.717) is 25.9 Å². The van der Waals surface area contributed by atoms with E-state index in [1.54, 1.807) is 0 Å². The molecule has 5 nitrogen and oxygen atoms in total. The number of amides is 1. The van der Waals surface area contributed by atoms with Crippen LogP contribution in [-0.2, 0) is 9.59 Å². The Morgan fingerprint density at radius 1 is 1.08 bits per heavy atom. The molecular formula is C21H29NO4. The number of benzene rings is 1. The minimum atomic E-state index is -0.761. The fourth-order valence-corrected chi connectivity index (χ4v) is 4.10. The molecule has 142 valence electrons. The highest BCUT2D eigenvalue weighted by Crippen LogP contribution is 2.31. The van der Waals surface area contributed by atoms with Crippen molar-refractivity contribution in [1.82, 2.24) is 4.90 Å². The number of ether oxygens (including phenoxy) is 1. The van der Waals surface area contributed by atoms with Gasteiger partial charge in [-0.15, -0.1) is 0 Å². The first-order valence-electron chi connectivity index (χ1n) is 9.69. The van der Waals surface area contributed by atoms with Crippen molar-refractivity contribution in [3.8, 4) is 5.75 Å². The van der Waals surface area contributed by atoms with Crippen LogP contribution in [0.3, 0.4) is 0 Å². The zero-order valence-corrected chi connectivity index (χ0v) is 15.7. The fourth-order valence-electron chi connectivity index (χ4n) is 4.10. The Balaban J connectivity index is 1.52. The Hall–Kier alpha value is -2.04. The highest BCUT2D eigenvalue weighted by molar-refractivity contribution is 5.80. The van der Waals surface area contributed by atoms with E-state index < -0.39 is 5.97 Å². The number of nitrogens with zero attached hydrogens (tertiary/aromatic N) is 1. The first-order chi connectivity index (χ1) is 12.4. The van der Waals surface area contributed by atoms with Crippen LogP contribution < -0.4 is 4.74 Å². The summed E-state index contributed by atoms with van der Waals surface area (Å²) in [6, 6.07) is 6.23. The van der Waals surface area contributed by atoms with Crippen LogP contribution in [0.2, 0.25) is 0 Å². The van der Waals surface area contributed by atoms with Gasteiger partial charge in [0.15, 0.2) is 0 Å². The highest BCUT2D eigenvalue weighted by atomic mass is 16.5. The summed E-state index contributed by atoms with van der Waals surface area (Å²) in [6.45, 7) is 5.50. The van der Waals surface area contributed by atoms with E-state index in [9.17, 15) is 14.7 Å². The van der Waals surface area contributed by atoms with Crippen LogP contribution in [0.1, 0.15) is 49.7 Å². The molecule has 1 aliphatic carbocycles. The summed E-state index contributed by atoms with van der Waals surface area (Å²) in [5, 5.41) is 9.22. The lowest BCUT2D eigenvalue weighted by Gasteiger charge is -2.36. The number of hydrogen-bond acceptors (Lipinski definition) is 3. The van der Waals surface area contributed by atoms with Crippen molar-refractivity contribution >= 4 is 11.9 Å². The molecule has 26 heavy (non-hydrogen) atoms. The Bertz CT molecular complexity index is 664. The Morgan fingerprint density at radius 3 is 2.46 bits per heavy atom. The molecule has 1 saturated carbocycles. The number of carboxylic acids is 1. The van der Waals surface area contributed by atoms with Gasteiger partial charge in [0.2, 0.25) is 5.91 Å². The third kappa shape index (κ3) is 4.37. The second-order valence-electron chi connectivity index (χ2n) is 7.81. The smallest absolute Gasteiger partial charge is 0.306 e. The standard InChI is InChI=1S/C21H29NO4/c1-14-6-7-15(2)19(12-14)26-18-8-10-22(11-9-18)20(23)16-4-3-5-17(13-16)21(24)25/h6-7,12,16-18H,3-5,8-11,13H2,1-2H3,(H,24,25). The van der Waals surface area contributed by atoms with Crippen LogP contribution in [0.15, 0.2) is 18.2 Å². The summed E-state index contributed by atoms with van der Waals surface area (Å²) in [6.07, 6.45) is 4.64. The molecule has 1 amide bonds. The van der Waals surface area contributed by atoms with Gasteiger partial charge < -0.3 is 14.7 Å². The molecule has 3 rings (SSSR count). The van der Waals surface area contributed by atoms with Crippen LogP contribution in [0, 0.1) is 25.7 Å². The topological polar surface area (TPSA) is 66.8 Å². The maximum atomic E-state index is 12.8. The lowest BCUT2D eigenvalue weighted by molar-refractivity contribution is -0.146. The average molecular weight is 359 g/mol. The van der Waals surface area contributed by atoms with Gasteiger partial charge in [0.25, 0.3) is 0 Å². The van der Waals surface area contributed by atoms with Crippen molar-refractivity contribution < 1.29 is 19.4 Å². The van der Waals surface area contributed by atoms with Crippen LogP contribution in [0.4, 0.5) is 0 Å². The van der Waals surface area contributed by atoms with Crippen LogP contribution >= 0.6 is 0 Å². The summed E-state index contributed by atoms with van der Waals surface area (Å²) in [7, 11) is 0. The summed E-state index contributed by atoms with van der Waals surface area (Å²) in [5.41, 5.74) is 2.32. The third-order valence-electron chi connectivity index (χ3n) is 5.76. The van der Waals surface area contributed by atoms with Gasteiger partial charge in [-0.05, 0) is 50.3 Å². The number of carboxylic acid groups (broad SMARTS) is 1. The maximum absolute atomic E-state index is 12.8. The number of likely N-dealkylation sites (tertiary alicyclic amines) is 1. The number of rotatable bonds is 4. The number of carbonyl (C=O) groups is 2. The molecule has 2 unspecified atom stereocenters. The molecule has 0 bridgehead atoms. The molecule has 0 spiro atoms. The van der Waals surface area contributed by atoms with Gasteiger partial charge in [0.1, 0.15) is 11.9 Å². The summed E-state index contributed by atoms with van der Waals surface area (Å²) < 4.78 is 6.17. The summed E-state index contributed by atoms with van der Waals surface area (Å²) in [5.74, 6) is -0.167. The zero-order valence-electron chi connectivity index (χ0n) is 15.7.